The number of rotatable bonds is 6. The Morgan fingerprint density at radius 3 is 2.62 bits per heavy atom. The van der Waals surface area contributed by atoms with Crippen molar-refractivity contribution >= 4 is 18.0 Å². The molecule has 0 aromatic heterocycles. The monoisotopic (exact) mass is 329 g/mol. The van der Waals surface area contributed by atoms with Crippen molar-refractivity contribution in [2.24, 2.45) is 5.10 Å². The zero-order valence-corrected chi connectivity index (χ0v) is 12.8. The van der Waals surface area contributed by atoms with E-state index in [2.05, 4.69) is 10.5 Å². The van der Waals surface area contributed by atoms with Gasteiger partial charge < -0.3 is 9.47 Å². The first kappa shape index (κ1) is 16.9. The molecule has 0 aliphatic heterocycles. The number of hydrogen-bond acceptors (Lipinski definition) is 6. The average molecular weight is 329 g/mol. The molecule has 8 nitrogen and oxygen atoms in total. The molecule has 0 saturated heterocycles. The highest BCUT2D eigenvalue weighted by molar-refractivity contribution is 5.85. The normalized spacial score (nSPS) is 10.4. The van der Waals surface area contributed by atoms with Crippen LogP contribution in [0.3, 0.4) is 0 Å². The fourth-order valence-corrected chi connectivity index (χ4v) is 1.82. The van der Waals surface area contributed by atoms with Gasteiger partial charge in [0.05, 0.1) is 23.8 Å². The van der Waals surface area contributed by atoms with Gasteiger partial charge in [-0.3, -0.25) is 10.1 Å². The van der Waals surface area contributed by atoms with Crippen LogP contribution in [0.5, 0.6) is 5.75 Å². The molecule has 0 fully saturated rings. The Kier molecular flexibility index (Phi) is 5.84. The second kappa shape index (κ2) is 8.28. The van der Waals surface area contributed by atoms with E-state index in [1.807, 2.05) is 0 Å². The minimum Gasteiger partial charge on any atom is -0.497 e. The molecule has 0 bridgehead atoms. The lowest BCUT2D eigenvalue weighted by Crippen LogP contribution is -2.18. The predicted octanol–water partition coefficient (Wildman–Crippen LogP) is 2.86. The van der Waals surface area contributed by atoms with Crippen molar-refractivity contribution in [1.29, 1.82) is 0 Å². The number of nitrogens with zero attached hydrogens (tertiary/aromatic N) is 2. The van der Waals surface area contributed by atoms with E-state index in [-0.39, 0.29) is 17.9 Å². The molecule has 8 heteroatoms. The summed E-state index contributed by atoms with van der Waals surface area (Å²) in [7, 11) is 1.56. The molecule has 0 aliphatic carbocycles. The van der Waals surface area contributed by atoms with Gasteiger partial charge in [-0.05, 0) is 23.8 Å². The van der Waals surface area contributed by atoms with E-state index < -0.39 is 11.0 Å². The van der Waals surface area contributed by atoms with Crippen LogP contribution in [-0.4, -0.2) is 24.3 Å². The minimum atomic E-state index is -0.763. The van der Waals surface area contributed by atoms with Crippen molar-refractivity contribution in [2.45, 2.75) is 6.61 Å². The quantitative estimate of drug-likeness (QED) is 0.498. The molecule has 0 spiro atoms. The van der Waals surface area contributed by atoms with Gasteiger partial charge in [0.1, 0.15) is 12.4 Å². The first-order valence-corrected chi connectivity index (χ1v) is 6.92. The standard InChI is InChI=1S/C16H15N3O5/c1-23-14-8-6-12(7-9-14)11-24-16(20)18-17-10-13-4-2-3-5-15(13)19(21)22/h2-10H,11H2,1H3,(H,18,20)/b17-10+. The predicted molar refractivity (Wildman–Crippen MR) is 87.0 cm³/mol. The maximum atomic E-state index is 11.5. The van der Waals surface area contributed by atoms with Crippen LogP contribution < -0.4 is 10.2 Å². The van der Waals surface area contributed by atoms with E-state index in [0.717, 1.165) is 5.56 Å². The minimum absolute atomic E-state index is 0.0663. The number of hydrazone groups is 1. The van der Waals surface area contributed by atoms with E-state index >= 15 is 0 Å². The highest BCUT2D eigenvalue weighted by Gasteiger charge is 2.10. The van der Waals surface area contributed by atoms with Crippen molar-refractivity contribution < 1.29 is 19.2 Å². The van der Waals surface area contributed by atoms with Crippen LogP contribution in [0.1, 0.15) is 11.1 Å². The Labute approximate surface area is 137 Å². The van der Waals surface area contributed by atoms with Gasteiger partial charge in [-0.1, -0.05) is 24.3 Å². The van der Waals surface area contributed by atoms with E-state index in [9.17, 15) is 14.9 Å². The fourth-order valence-electron chi connectivity index (χ4n) is 1.82. The van der Waals surface area contributed by atoms with Crippen LogP contribution >= 0.6 is 0 Å². The summed E-state index contributed by atoms with van der Waals surface area (Å²) in [6.45, 7) is 0.0663. The number of amides is 1. The number of hydrogen-bond donors (Lipinski definition) is 1. The van der Waals surface area contributed by atoms with E-state index in [4.69, 9.17) is 9.47 Å². The number of carbonyl (C=O) groups is 1. The number of carbonyl (C=O) groups excluding carboxylic acids is 1. The topological polar surface area (TPSA) is 103 Å². The molecule has 0 aliphatic rings. The first-order chi connectivity index (χ1) is 11.6. The van der Waals surface area contributed by atoms with Gasteiger partial charge >= 0.3 is 6.09 Å². The molecule has 0 unspecified atom stereocenters. The molecule has 24 heavy (non-hydrogen) atoms. The SMILES string of the molecule is COc1ccc(COC(=O)N/N=C/c2ccccc2[N+](=O)[O-])cc1. The van der Waals surface area contributed by atoms with Crippen LogP contribution in [0, 0.1) is 10.1 Å². The lowest BCUT2D eigenvalue weighted by molar-refractivity contribution is -0.385. The Bertz CT molecular complexity index is 744. The van der Waals surface area contributed by atoms with E-state index in [1.54, 1.807) is 43.5 Å². The summed E-state index contributed by atoms with van der Waals surface area (Å²) in [4.78, 5) is 21.9. The molecular weight excluding hydrogens is 314 g/mol. The summed E-state index contributed by atoms with van der Waals surface area (Å²) in [6.07, 6.45) is 0.424. The van der Waals surface area contributed by atoms with Gasteiger partial charge in [-0.15, -0.1) is 0 Å². The van der Waals surface area contributed by atoms with Gasteiger partial charge in [0.15, 0.2) is 0 Å². The molecule has 2 aromatic carbocycles. The summed E-state index contributed by atoms with van der Waals surface area (Å²) >= 11 is 0. The summed E-state index contributed by atoms with van der Waals surface area (Å²) in [5.74, 6) is 0.706. The molecule has 0 saturated carbocycles. The third-order valence-electron chi connectivity index (χ3n) is 3.02. The maximum absolute atomic E-state index is 11.5. The van der Waals surface area contributed by atoms with E-state index in [1.165, 1.54) is 18.3 Å². The molecule has 0 radical (unpaired) electrons. The number of benzene rings is 2. The highest BCUT2D eigenvalue weighted by Crippen LogP contribution is 2.15. The molecule has 0 heterocycles. The van der Waals surface area contributed by atoms with Crippen molar-refractivity contribution in [3.63, 3.8) is 0 Å². The van der Waals surface area contributed by atoms with Gasteiger partial charge in [-0.2, -0.15) is 5.10 Å². The lowest BCUT2D eigenvalue weighted by Gasteiger charge is -2.05. The van der Waals surface area contributed by atoms with Gasteiger partial charge in [0, 0.05) is 6.07 Å². The Hall–Kier alpha value is -3.42. The van der Waals surface area contributed by atoms with Crippen LogP contribution in [0.25, 0.3) is 0 Å². The zero-order valence-electron chi connectivity index (χ0n) is 12.8. The Balaban J connectivity index is 1.85. The van der Waals surface area contributed by atoms with Crippen molar-refractivity contribution in [1.82, 2.24) is 5.43 Å². The summed E-state index contributed by atoms with van der Waals surface area (Å²) in [5, 5.41) is 14.5. The van der Waals surface area contributed by atoms with Gasteiger partial charge in [0.2, 0.25) is 0 Å². The van der Waals surface area contributed by atoms with E-state index in [0.29, 0.717) is 5.75 Å². The number of methoxy groups -OCH3 is 1. The van der Waals surface area contributed by atoms with Gasteiger partial charge in [0.25, 0.3) is 5.69 Å². The number of ether oxygens (including phenoxy) is 2. The van der Waals surface area contributed by atoms with Crippen molar-refractivity contribution in [3.8, 4) is 5.75 Å². The second-order valence-corrected chi connectivity index (χ2v) is 4.61. The summed E-state index contributed by atoms with van der Waals surface area (Å²) < 4.78 is 10.0. The molecule has 1 amide bonds. The van der Waals surface area contributed by atoms with Crippen molar-refractivity contribution in [2.75, 3.05) is 7.11 Å². The molecule has 124 valence electrons. The maximum Gasteiger partial charge on any atom is 0.428 e. The fraction of sp³-hybridized carbons (Fsp3) is 0.125. The summed E-state index contributed by atoms with van der Waals surface area (Å²) in [6, 6.07) is 13.1. The molecule has 1 N–H and O–H groups in total. The molecular formula is C16H15N3O5. The Morgan fingerprint density at radius 1 is 1.25 bits per heavy atom. The van der Waals surface area contributed by atoms with Crippen LogP contribution in [0.4, 0.5) is 10.5 Å². The number of nitro benzene ring substituents is 1. The van der Waals surface area contributed by atoms with Crippen LogP contribution in [0.2, 0.25) is 0 Å². The number of nitro groups is 1. The first-order valence-electron chi connectivity index (χ1n) is 6.92. The van der Waals surface area contributed by atoms with Crippen molar-refractivity contribution in [3.05, 3.63) is 69.8 Å². The molecule has 2 rings (SSSR count). The van der Waals surface area contributed by atoms with Crippen LogP contribution in [0.15, 0.2) is 53.6 Å². The number of nitrogens with one attached hydrogen (secondary N) is 1. The third kappa shape index (κ3) is 4.80. The highest BCUT2D eigenvalue weighted by atomic mass is 16.6. The van der Waals surface area contributed by atoms with Crippen LogP contribution in [-0.2, 0) is 11.3 Å². The molecule has 0 atom stereocenters. The van der Waals surface area contributed by atoms with Gasteiger partial charge in [-0.25, -0.2) is 10.2 Å². The summed E-state index contributed by atoms with van der Waals surface area (Å²) in [5.41, 5.74) is 3.11. The Morgan fingerprint density at radius 2 is 1.96 bits per heavy atom. The lowest BCUT2D eigenvalue weighted by atomic mass is 10.2. The smallest absolute Gasteiger partial charge is 0.428 e. The number of para-hydroxylation sites is 1. The average Bonchev–Trinajstić information content (AvgIpc) is 2.60. The second-order valence-electron chi connectivity index (χ2n) is 4.61. The third-order valence-corrected chi connectivity index (χ3v) is 3.02. The zero-order chi connectivity index (χ0) is 17.4. The largest absolute Gasteiger partial charge is 0.497 e. The molecule has 2 aromatic rings.